The first kappa shape index (κ1) is 14.9. The second kappa shape index (κ2) is 6.08. The van der Waals surface area contributed by atoms with Crippen molar-refractivity contribution < 1.29 is 4.74 Å². The Morgan fingerprint density at radius 1 is 1.21 bits per heavy atom. The molecule has 0 amide bonds. The smallest absolute Gasteiger partial charge is 0.120 e. The Balaban J connectivity index is 1.58. The van der Waals surface area contributed by atoms with Crippen molar-refractivity contribution >= 4 is 10.9 Å². The van der Waals surface area contributed by atoms with Crippen LogP contribution in [0.1, 0.15) is 23.7 Å². The van der Waals surface area contributed by atoms with Crippen LogP contribution in [0.4, 0.5) is 0 Å². The fraction of sp³-hybridized carbons (Fsp3) is 0.238. The molecule has 0 unspecified atom stereocenters. The average Bonchev–Trinajstić information content (AvgIpc) is 2.98. The fourth-order valence-electron chi connectivity index (χ4n) is 3.38. The number of aromatic amines is 1. The Morgan fingerprint density at radius 2 is 2.04 bits per heavy atom. The lowest BCUT2D eigenvalue weighted by atomic mass is 10.0. The molecule has 1 aliphatic heterocycles. The number of ether oxygens (including phenoxy) is 1. The molecule has 0 fully saturated rings. The SMILES string of the molecule is C=C(C)N1CCc2c([nH]c3ccc(OCc4ccccc4)cc23)C1. The van der Waals surface area contributed by atoms with E-state index in [0.29, 0.717) is 6.61 Å². The number of H-pyrrole nitrogens is 1. The minimum absolute atomic E-state index is 0.600. The van der Waals surface area contributed by atoms with E-state index < -0.39 is 0 Å². The van der Waals surface area contributed by atoms with E-state index in [1.165, 1.54) is 27.7 Å². The zero-order valence-corrected chi connectivity index (χ0v) is 14.0. The van der Waals surface area contributed by atoms with E-state index in [1.807, 2.05) is 24.3 Å². The molecule has 1 aliphatic rings. The van der Waals surface area contributed by atoms with Crippen LogP contribution in [-0.2, 0) is 19.6 Å². The summed E-state index contributed by atoms with van der Waals surface area (Å²) >= 11 is 0. The van der Waals surface area contributed by atoms with Crippen molar-refractivity contribution in [1.29, 1.82) is 0 Å². The molecule has 1 N–H and O–H groups in total. The summed E-state index contributed by atoms with van der Waals surface area (Å²) < 4.78 is 5.98. The Bertz CT molecular complexity index is 879. The second-order valence-electron chi connectivity index (χ2n) is 6.47. The summed E-state index contributed by atoms with van der Waals surface area (Å²) in [7, 11) is 0. The Morgan fingerprint density at radius 3 is 2.83 bits per heavy atom. The molecular weight excluding hydrogens is 296 g/mol. The van der Waals surface area contributed by atoms with Gasteiger partial charge in [-0.2, -0.15) is 0 Å². The highest BCUT2D eigenvalue weighted by atomic mass is 16.5. The number of rotatable bonds is 4. The topological polar surface area (TPSA) is 28.3 Å². The molecule has 24 heavy (non-hydrogen) atoms. The quantitative estimate of drug-likeness (QED) is 0.759. The summed E-state index contributed by atoms with van der Waals surface area (Å²) in [5.74, 6) is 0.926. The molecule has 0 spiro atoms. The lowest BCUT2D eigenvalue weighted by Gasteiger charge is -2.29. The zero-order valence-electron chi connectivity index (χ0n) is 14.0. The molecule has 4 rings (SSSR count). The fourth-order valence-corrected chi connectivity index (χ4v) is 3.38. The molecule has 2 heterocycles. The third-order valence-electron chi connectivity index (χ3n) is 4.73. The standard InChI is InChI=1S/C21H22N2O/c1-15(2)23-11-10-18-19-12-17(8-9-20(19)22-21(18)13-23)24-14-16-6-4-3-5-7-16/h3-9,12,22H,1,10-11,13-14H2,2H3. The third kappa shape index (κ3) is 2.78. The molecule has 0 saturated heterocycles. The number of fused-ring (bicyclic) bond motifs is 3. The molecule has 3 nitrogen and oxygen atoms in total. The molecule has 3 aromatic rings. The minimum atomic E-state index is 0.600. The second-order valence-corrected chi connectivity index (χ2v) is 6.47. The van der Waals surface area contributed by atoms with Gasteiger partial charge in [-0.05, 0) is 42.7 Å². The van der Waals surface area contributed by atoms with Crippen molar-refractivity contribution in [3.63, 3.8) is 0 Å². The molecule has 0 atom stereocenters. The molecule has 3 heteroatoms. The highest BCUT2D eigenvalue weighted by Crippen LogP contribution is 2.31. The maximum atomic E-state index is 5.98. The van der Waals surface area contributed by atoms with E-state index in [1.54, 1.807) is 0 Å². The van der Waals surface area contributed by atoms with E-state index in [9.17, 15) is 0 Å². The summed E-state index contributed by atoms with van der Waals surface area (Å²) in [6, 6.07) is 16.6. The van der Waals surface area contributed by atoms with Gasteiger partial charge in [-0.1, -0.05) is 36.9 Å². The summed E-state index contributed by atoms with van der Waals surface area (Å²) in [5.41, 5.74) is 6.24. The Labute approximate surface area is 142 Å². The van der Waals surface area contributed by atoms with Crippen LogP contribution >= 0.6 is 0 Å². The summed E-state index contributed by atoms with van der Waals surface area (Å²) in [6.07, 6.45) is 1.05. The normalized spacial score (nSPS) is 13.8. The van der Waals surface area contributed by atoms with Gasteiger partial charge in [0.15, 0.2) is 0 Å². The van der Waals surface area contributed by atoms with Crippen molar-refractivity contribution in [2.45, 2.75) is 26.5 Å². The Kier molecular flexibility index (Phi) is 3.77. The third-order valence-corrected chi connectivity index (χ3v) is 4.73. The number of hydrogen-bond donors (Lipinski definition) is 1. The predicted octanol–water partition coefficient (Wildman–Crippen LogP) is 4.64. The molecule has 0 aliphatic carbocycles. The van der Waals surface area contributed by atoms with Gasteiger partial charge in [-0.25, -0.2) is 0 Å². The van der Waals surface area contributed by atoms with Crippen LogP contribution in [0, 0.1) is 0 Å². The lowest BCUT2D eigenvalue weighted by molar-refractivity contribution is 0.306. The first-order valence-corrected chi connectivity index (χ1v) is 8.41. The number of benzene rings is 2. The number of allylic oxidation sites excluding steroid dienone is 1. The molecule has 1 aromatic heterocycles. The number of hydrogen-bond acceptors (Lipinski definition) is 2. The van der Waals surface area contributed by atoms with Crippen molar-refractivity contribution in [1.82, 2.24) is 9.88 Å². The van der Waals surface area contributed by atoms with Gasteiger partial charge >= 0.3 is 0 Å². The van der Waals surface area contributed by atoms with Gasteiger partial charge in [-0.3, -0.25) is 0 Å². The molecule has 0 bridgehead atoms. The van der Waals surface area contributed by atoms with Gasteiger partial charge in [0, 0.05) is 28.8 Å². The van der Waals surface area contributed by atoms with Crippen molar-refractivity contribution in [2.24, 2.45) is 0 Å². The van der Waals surface area contributed by atoms with Gasteiger partial charge in [0.05, 0.1) is 6.54 Å². The maximum Gasteiger partial charge on any atom is 0.120 e. The van der Waals surface area contributed by atoms with Gasteiger partial charge in [0.25, 0.3) is 0 Å². The van der Waals surface area contributed by atoms with Crippen molar-refractivity contribution in [2.75, 3.05) is 6.54 Å². The molecule has 0 radical (unpaired) electrons. The molecule has 122 valence electrons. The number of aromatic nitrogens is 1. The van der Waals surface area contributed by atoms with Crippen LogP contribution in [0.15, 0.2) is 60.8 Å². The van der Waals surface area contributed by atoms with Gasteiger partial charge < -0.3 is 14.6 Å². The van der Waals surface area contributed by atoms with Crippen molar-refractivity contribution in [3.05, 3.63) is 77.6 Å². The minimum Gasteiger partial charge on any atom is -0.489 e. The monoisotopic (exact) mass is 318 g/mol. The van der Waals surface area contributed by atoms with Crippen molar-refractivity contribution in [3.8, 4) is 5.75 Å². The van der Waals surface area contributed by atoms with Gasteiger partial charge in [-0.15, -0.1) is 0 Å². The molecular formula is C21H22N2O. The van der Waals surface area contributed by atoms with Crippen LogP contribution < -0.4 is 4.74 Å². The van der Waals surface area contributed by atoms with E-state index in [0.717, 1.165) is 31.0 Å². The van der Waals surface area contributed by atoms with Crippen LogP contribution in [0.3, 0.4) is 0 Å². The maximum absolute atomic E-state index is 5.98. The van der Waals surface area contributed by atoms with E-state index in [4.69, 9.17) is 4.74 Å². The van der Waals surface area contributed by atoms with E-state index in [-0.39, 0.29) is 0 Å². The molecule has 2 aromatic carbocycles. The summed E-state index contributed by atoms with van der Waals surface area (Å²) in [6.45, 7) is 8.69. The zero-order chi connectivity index (χ0) is 16.5. The van der Waals surface area contributed by atoms with Gasteiger partial charge in [0.2, 0.25) is 0 Å². The Hall–Kier alpha value is -2.68. The lowest BCUT2D eigenvalue weighted by Crippen LogP contribution is -2.28. The van der Waals surface area contributed by atoms with Gasteiger partial charge in [0.1, 0.15) is 12.4 Å². The largest absolute Gasteiger partial charge is 0.489 e. The first-order chi connectivity index (χ1) is 11.7. The number of nitrogens with one attached hydrogen (secondary N) is 1. The van der Waals surface area contributed by atoms with E-state index >= 15 is 0 Å². The molecule has 0 saturated carbocycles. The van der Waals surface area contributed by atoms with Crippen LogP contribution in [-0.4, -0.2) is 16.4 Å². The predicted molar refractivity (Wildman–Crippen MR) is 98.0 cm³/mol. The summed E-state index contributed by atoms with van der Waals surface area (Å²) in [5, 5.41) is 1.29. The highest BCUT2D eigenvalue weighted by Gasteiger charge is 2.20. The highest BCUT2D eigenvalue weighted by molar-refractivity contribution is 5.86. The van der Waals surface area contributed by atoms with Crippen LogP contribution in [0.5, 0.6) is 5.75 Å². The number of nitrogens with zero attached hydrogens (tertiary/aromatic N) is 1. The summed E-state index contributed by atoms with van der Waals surface area (Å²) in [4.78, 5) is 5.89. The van der Waals surface area contributed by atoms with Crippen LogP contribution in [0.25, 0.3) is 10.9 Å². The first-order valence-electron chi connectivity index (χ1n) is 8.41. The average molecular weight is 318 g/mol. The van der Waals surface area contributed by atoms with Crippen LogP contribution in [0.2, 0.25) is 0 Å². The van der Waals surface area contributed by atoms with E-state index in [2.05, 4.69) is 47.7 Å².